The Labute approximate surface area is 144 Å². The molecule has 0 aliphatic rings. The van der Waals surface area contributed by atoms with E-state index in [2.05, 4.69) is 15.1 Å². The van der Waals surface area contributed by atoms with Gasteiger partial charge < -0.3 is 9.88 Å². The van der Waals surface area contributed by atoms with E-state index in [0.29, 0.717) is 11.0 Å². The van der Waals surface area contributed by atoms with Crippen LogP contribution in [0.4, 0.5) is 5.69 Å². The molecule has 0 bridgehead atoms. The van der Waals surface area contributed by atoms with Gasteiger partial charge in [-0.25, -0.2) is 4.98 Å². The number of fused-ring (bicyclic) bond motifs is 3. The maximum absolute atomic E-state index is 12.6. The zero-order chi connectivity index (χ0) is 17.4. The van der Waals surface area contributed by atoms with E-state index in [1.54, 1.807) is 6.21 Å². The van der Waals surface area contributed by atoms with Crippen LogP contribution < -0.4 is 10.5 Å². The van der Waals surface area contributed by atoms with E-state index in [1.807, 2.05) is 67.5 Å². The average Bonchev–Trinajstić information content (AvgIpc) is 3.01. The number of H-pyrrole nitrogens is 1. The molecule has 0 unspecified atom stereocenters. The zero-order valence-corrected chi connectivity index (χ0v) is 14.0. The summed E-state index contributed by atoms with van der Waals surface area (Å²) in [6, 6.07) is 15.6. The number of nitrogens with zero attached hydrogens (tertiary/aromatic N) is 4. The van der Waals surface area contributed by atoms with Crippen LogP contribution in [0.15, 0.2) is 64.8 Å². The summed E-state index contributed by atoms with van der Waals surface area (Å²) in [7, 11) is 3.98. The van der Waals surface area contributed by atoms with E-state index in [9.17, 15) is 4.79 Å². The van der Waals surface area contributed by atoms with Crippen molar-refractivity contribution in [3.8, 4) is 0 Å². The fourth-order valence-corrected chi connectivity index (χ4v) is 2.77. The average molecular weight is 331 g/mol. The Kier molecular flexibility index (Phi) is 3.57. The van der Waals surface area contributed by atoms with E-state index in [-0.39, 0.29) is 5.56 Å². The van der Waals surface area contributed by atoms with Gasteiger partial charge in [0.15, 0.2) is 0 Å². The van der Waals surface area contributed by atoms with Gasteiger partial charge in [0.25, 0.3) is 5.56 Å². The molecule has 0 amide bonds. The van der Waals surface area contributed by atoms with Crippen LogP contribution in [0, 0.1) is 0 Å². The first-order valence-electron chi connectivity index (χ1n) is 7.93. The van der Waals surface area contributed by atoms with Crippen molar-refractivity contribution in [1.29, 1.82) is 0 Å². The zero-order valence-electron chi connectivity index (χ0n) is 14.0. The first kappa shape index (κ1) is 15.1. The van der Waals surface area contributed by atoms with Gasteiger partial charge in [-0.05, 0) is 23.8 Å². The molecule has 2 aromatic carbocycles. The van der Waals surface area contributed by atoms with Crippen LogP contribution in [0.2, 0.25) is 0 Å². The molecule has 6 heteroatoms. The minimum atomic E-state index is -0.220. The maximum atomic E-state index is 12.6. The highest BCUT2D eigenvalue weighted by molar-refractivity contribution is 6.04. The summed E-state index contributed by atoms with van der Waals surface area (Å²) in [6.45, 7) is 0. The fourth-order valence-electron chi connectivity index (χ4n) is 2.77. The van der Waals surface area contributed by atoms with Gasteiger partial charge in [0.1, 0.15) is 17.4 Å². The number of hydrogen-bond acceptors (Lipinski definition) is 4. The van der Waals surface area contributed by atoms with Gasteiger partial charge in [-0.15, -0.1) is 0 Å². The summed E-state index contributed by atoms with van der Waals surface area (Å²) < 4.78 is 1.25. The molecule has 0 fully saturated rings. The minimum absolute atomic E-state index is 0.220. The van der Waals surface area contributed by atoms with Crippen molar-refractivity contribution < 1.29 is 0 Å². The largest absolute Gasteiger partial charge is 0.378 e. The Morgan fingerprint density at radius 2 is 1.88 bits per heavy atom. The van der Waals surface area contributed by atoms with Crippen molar-refractivity contribution in [2.24, 2.45) is 5.10 Å². The third kappa shape index (κ3) is 2.67. The molecule has 124 valence electrons. The summed E-state index contributed by atoms with van der Waals surface area (Å²) in [4.78, 5) is 22.2. The van der Waals surface area contributed by atoms with Crippen LogP contribution in [0.1, 0.15) is 5.56 Å². The first-order chi connectivity index (χ1) is 12.1. The Balaban J connectivity index is 1.73. The highest BCUT2D eigenvalue weighted by Crippen LogP contribution is 2.20. The Hall–Kier alpha value is -3.41. The quantitative estimate of drug-likeness (QED) is 0.587. The van der Waals surface area contributed by atoms with Crippen LogP contribution in [-0.2, 0) is 0 Å². The molecule has 1 N–H and O–H groups in total. The molecule has 2 heterocycles. The second kappa shape index (κ2) is 5.90. The summed E-state index contributed by atoms with van der Waals surface area (Å²) in [5.74, 6) is 0. The molecule has 0 spiro atoms. The second-order valence-corrected chi connectivity index (χ2v) is 6.02. The molecule has 4 aromatic rings. The van der Waals surface area contributed by atoms with E-state index >= 15 is 0 Å². The van der Waals surface area contributed by atoms with Gasteiger partial charge in [-0.3, -0.25) is 4.79 Å². The standard InChI is InChI=1S/C19H17N5O/c1-23(2)14-9-7-13(8-10-14)11-21-24-12-20-17-15-5-3-4-6-16(15)22-18(17)19(24)25/h3-12,22H,1-2H3. The van der Waals surface area contributed by atoms with E-state index < -0.39 is 0 Å². The lowest BCUT2D eigenvalue weighted by Crippen LogP contribution is -2.17. The topological polar surface area (TPSA) is 66.3 Å². The summed E-state index contributed by atoms with van der Waals surface area (Å²) >= 11 is 0. The highest BCUT2D eigenvalue weighted by Gasteiger charge is 2.09. The smallest absolute Gasteiger partial charge is 0.298 e. The number of aromatic amines is 1. The van der Waals surface area contributed by atoms with Crippen molar-refractivity contribution in [3.63, 3.8) is 0 Å². The van der Waals surface area contributed by atoms with Crippen LogP contribution in [0.3, 0.4) is 0 Å². The molecule has 2 aromatic heterocycles. The fraction of sp³-hybridized carbons (Fsp3) is 0.105. The van der Waals surface area contributed by atoms with E-state index in [1.165, 1.54) is 11.0 Å². The predicted octanol–water partition coefficient (Wildman–Crippen LogP) is 2.83. The van der Waals surface area contributed by atoms with Crippen LogP contribution in [0.25, 0.3) is 21.9 Å². The number of anilines is 1. The SMILES string of the molecule is CN(C)c1ccc(C=Nn2cnc3c([nH]c4ccccc43)c2=O)cc1. The summed E-state index contributed by atoms with van der Waals surface area (Å²) in [5, 5.41) is 5.19. The number of nitrogens with one attached hydrogen (secondary N) is 1. The monoisotopic (exact) mass is 331 g/mol. The molecule has 25 heavy (non-hydrogen) atoms. The van der Waals surface area contributed by atoms with E-state index in [0.717, 1.165) is 22.2 Å². The first-order valence-corrected chi connectivity index (χ1v) is 7.93. The number of hydrogen-bond donors (Lipinski definition) is 1. The molecule has 0 radical (unpaired) electrons. The lowest BCUT2D eigenvalue weighted by Gasteiger charge is -2.11. The third-order valence-corrected chi connectivity index (χ3v) is 4.14. The van der Waals surface area contributed by atoms with Crippen LogP contribution in [-0.4, -0.2) is 35.0 Å². The molecule has 0 saturated carbocycles. The summed E-state index contributed by atoms with van der Waals surface area (Å²) in [5.41, 5.74) is 3.82. The molecular formula is C19H17N5O. The molecular weight excluding hydrogens is 314 g/mol. The molecule has 6 nitrogen and oxygen atoms in total. The Morgan fingerprint density at radius 3 is 2.64 bits per heavy atom. The summed E-state index contributed by atoms with van der Waals surface area (Å²) in [6.07, 6.45) is 3.10. The van der Waals surface area contributed by atoms with Crippen molar-refractivity contribution >= 4 is 33.8 Å². The molecule has 0 aliphatic heterocycles. The maximum Gasteiger partial charge on any atom is 0.298 e. The molecule has 4 rings (SSSR count). The van der Waals surface area contributed by atoms with E-state index in [4.69, 9.17) is 0 Å². The lowest BCUT2D eigenvalue weighted by atomic mass is 10.2. The van der Waals surface area contributed by atoms with Gasteiger partial charge in [0.2, 0.25) is 0 Å². The lowest BCUT2D eigenvalue weighted by molar-refractivity contribution is 0.815. The molecule has 0 atom stereocenters. The van der Waals surface area contributed by atoms with Crippen molar-refractivity contribution in [2.45, 2.75) is 0 Å². The van der Waals surface area contributed by atoms with Crippen LogP contribution in [0.5, 0.6) is 0 Å². The highest BCUT2D eigenvalue weighted by atomic mass is 16.1. The van der Waals surface area contributed by atoms with Crippen LogP contribution >= 0.6 is 0 Å². The number of rotatable bonds is 3. The second-order valence-electron chi connectivity index (χ2n) is 6.02. The van der Waals surface area contributed by atoms with Crippen molar-refractivity contribution in [2.75, 3.05) is 19.0 Å². The normalized spacial score (nSPS) is 11.6. The van der Waals surface area contributed by atoms with Crippen molar-refractivity contribution in [1.82, 2.24) is 14.6 Å². The van der Waals surface area contributed by atoms with Gasteiger partial charge in [-0.2, -0.15) is 9.78 Å². The van der Waals surface area contributed by atoms with Crippen molar-refractivity contribution in [3.05, 3.63) is 70.8 Å². The molecule has 0 aliphatic carbocycles. The number of para-hydroxylation sites is 1. The van der Waals surface area contributed by atoms with Gasteiger partial charge in [0.05, 0.1) is 6.21 Å². The number of benzene rings is 2. The third-order valence-electron chi connectivity index (χ3n) is 4.14. The molecule has 0 saturated heterocycles. The number of aromatic nitrogens is 3. The predicted molar refractivity (Wildman–Crippen MR) is 102 cm³/mol. The Morgan fingerprint density at radius 1 is 1.12 bits per heavy atom. The van der Waals surface area contributed by atoms with Gasteiger partial charge in [0, 0.05) is 30.7 Å². The Bertz CT molecular complexity index is 1140. The minimum Gasteiger partial charge on any atom is -0.378 e. The van der Waals surface area contributed by atoms with Gasteiger partial charge >= 0.3 is 0 Å². The van der Waals surface area contributed by atoms with Gasteiger partial charge in [-0.1, -0.05) is 30.3 Å².